The zero-order chi connectivity index (χ0) is 17.4. The van der Waals surface area contributed by atoms with Crippen molar-refractivity contribution in [2.24, 2.45) is 0 Å². The van der Waals surface area contributed by atoms with Crippen LogP contribution in [0.25, 0.3) is 21.1 Å². The molecule has 2 aromatic heterocycles. The minimum absolute atomic E-state index is 0.146. The van der Waals surface area contributed by atoms with Crippen LogP contribution in [0, 0.1) is 12.7 Å². The van der Waals surface area contributed by atoms with Crippen LogP contribution in [0.15, 0.2) is 54.6 Å². The number of halogens is 1. The lowest BCUT2D eigenvalue weighted by atomic mass is 10.1. The number of nitrogens with one attached hydrogen (secondary N) is 1. The number of aromatic nitrogens is 1. The van der Waals surface area contributed by atoms with E-state index in [2.05, 4.69) is 22.4 Å². The average Bonchev–Trinajstić information content (AvgIpc) is 3.02. The fourth-order valence-electron chi connectivity index (χ4n) is 2.72. The number of hydrogen-bond donors (Lipinski definition) is 1. The number of nitrogens with zero attached hydrogens (tertiary/aromatic N) is 1. The third-order valence-corrected chi connectivity index (χ3v) is 5.09. The molecule has 4 aromatic rings. The maximum absolute atomic E-state index is 12.9. The second-order valence-electron chi connectivity index (χ2n) is 6.00. The molecule has 0 bridgehead atoms. The van der Waals surface area contributed by atoms with Gasteiger partial charge in [0.2, 0.25) is 0 Å². The summed E-state index contributed by atoms with van der Waals surface area (Å²) in [5, 5.41) is 4.90. The summed E-state index contributed by atoms with van der Waals surface area (Å²) in [5.74, 6) is -0.430. The van der Waals surface area contributed by atoms with E-state index >= 15 is 0 Å². The fraction of sp³-hybridized carbons (Fsp3) is 0.100. The van der Waals surface area contributed by atoms with Crippen molar-refractivity contribution in [3.63, 3.8) is 0 Å². The van der Waals surface area contributed by atoms with E-state index in [1.807, 2.05) is 25.1 Å². The zero-order valence-corrected chi connectivity index (χ0v) is 14.4. The molecule has 0 saturated heterocycles. The molecule has 0 unspecified atom stereocenters. The molecule has 0 fully saturated rings. The Morgan fingerprint density at radius 2 is 1.88 bits per heavy atom. The van der Waals surface area contributed by atoms with E-state index in [0.29, 0.717) is 11.4 Å². The molecular formula is C20H15FN2OS. The van der Waals surface area contributed by atoms with Gasteiger partial charge in [-0.1, -0.05) is 24.3 Å². The van der Waals surface area contributed by atoms with Crippen LogP contribution < -0.4 is 5.32 Å². The predicted molar refractivity (Wildman–Crippen MR) is 99.4 cm³/mol. The van der Waals surface area contributed by atoms with Gasteiger partial charge < -0.3 is 5.32 Å². The Morgan fingerprint density at radius 3 is 2.68 bits per heavy atom. The van der Waals surface area contributed by atoms with E-state index in [0.717, 1.165) is 32.2 Å². The van der Waals surface area contributed by atoms with Crippen molar-refractivity contribution in [2.75, 3.05) is 0 Å². The molecule has 0 aliphatic heterocycles. The molecule has 5 heteroatoms. The first-order valence-corrected chi connectivity index (χ1v) is 8.74. The SMILES string of the molecule is Cc1ccc2cc3cc(C(=O)NCc4ccc(F)cc4)sc3nc2c1. The van der Waals surface area contributed by atoms with Gasteiger partial charge in [-0.2, -0.15) is 0 Å². The van der Waals surface area contributed by atoms with Gasteiger partial charge in [0.15, 0.2) is 0 Å². The number of hydrogen-bond acceptors (Lipinski definition) is 3. The molecule has 2 aromatic carbocycles. The second-order valence-corrected chi connectivity index (χ2v) is 7.03. The summed E-state index contributed by atoms with van der Waals surface area (Å²) in [6, 6.07) is 16.2. The van der Waals surface area contributed by atoms with Crippen LogP contribution in [-0.2, 0) is 6.54 Å². The molecular weight excluding hydrogens is 335 g/mol. The van der Waals surface area contributed by atoms with Crippen LogP contribution in [-0.4, -0.2) is 10.9 Å². The highest BCUT2D eigenvalue weighted by Gasteiger charge is 2.12. The van der Waals surface area contributed by atoms with E-state index in [9.17, 15) is 9.18 Å². The van der Waals surface area contributed by atoms with Crippen LogP contribution in [0.5, 0.6) is 0 Å². The maximum Gasteiger partial charge on any atom is 0.261 e. The highest BCUT2D eigenvalue weighted by molar-refractivity contribution is 7.20. The quantitative estimate of drug-likeness (QED) is 0.575. The van der Waals surface area contributed by atoms with Crippen molar-refractivity contribution < 1.29 is 9.18 Å². The van der Waals surface area contributed by atoms with E-state index in [1.54, 1.807) is 12.1 Å². The molecule has 1 amide bonds. The van der Waals surface area contributed by atoms with Crippen molar-refractivity contribution >= 4 is 38.4 Å². The number of pyridine rings is 1. The summed E-state index contributed by atoms with van der Waals surface area (Å²) in [6.07, 6.45) is 0. The molecule has 25 heavy (non-hydrogen) atoms. The van der Waals surface area contributed by atoms with Crippen molar-refractivity contribution in [3.05, 3.63) is 76.4 Å². The number of benzene rings is 2. The van der Waals surface area contributed by atoms with Gasteiger partial charge in [0.1, 0.15) is 10.6 Å². The molecule has 0 spiro atoms. The number of carbonyl (C=O) groups excluding carboxylic acids is 1. The molecule has 2 heterocycles. The fourth-order valence-corrected chi connectivity index (χ4v) is 3.66. The molecule has 3 nitrogen and oxygen atoms in total. The number of aryl methyl sites for hydroxylation is 1. The molecule has 0 saturated carbocycles. The van der Waals surface area contributed by atoms with Crippen LogP contribution in [0.2, 0.25) is 0 Å². The van der Waals surface area contributed by atoms with Gasteiger partial charge >= 0.3 is 0 Å². The zero-order valence-electron chi connectivity index (χ0n) is 13.5. The van der Waals surface area contributed by atoms with Gasteiger partial charge in [0, 0.05) is 17.3 Å². The lowest BCUT2D eigenvalue weighted by Crippen LogP contribution is -2.21. The molecule has 0 atom stereocenters. The van der Waals surface area contributed by atoms with Gasteiger partial charge in [0.25, 0.3) is 5.91 Å². The first-order chi connectivity index (χ1) is 12.1. The minimum atomic E-state index is -0.284. The lowest BCUT2D eigenvalue weighted by molar-refractivity contribution is 0.0955. The number of rotatable bonds is 3. The molecule has 0 radical (unpaired) electrons. The largest absolute Gasteiger partial charge is 0.347 e. The number of fused-ring (bicyclic) bond motifs is 2. The van der Waals surface area contributed by atoms with Crippen LogP contribution in [0.1, 0.15) is 20.8 Å². The summed E-state index contributed by atoms with van der Waals surface area (Å²) >= 11 is 1.38. The van der Waals surface area contributed by atoms with Crippen molar-refractivity contribution in [3.8, 4) is 0 Å². The Balaban J connectivity index is 1.58. The van der Waals surface area contributed by atoms with E-state index in [1.165, 1.54) is 23.5 Å². The Hall–Kier alpha value is -2.79. The van der Waals surface area contributed by atoms with E-state index in [4.69, 9.17) is 0 Å². The summed E-state index contributed by atoms with van der Waals surface area (Å²) in [7, 11) is 0. The maximum atomic E-state index is 12.9. The number of amides is 1. The van der Waals surface area contributed by atoms with Gasteiger partial charge in [-0.05, 0) is 48.4 Å². The molecule has 0 aliphatic carbocycles. The monoisotopic (exact) mass is 350 g/mol. The average molecular weight is 350 g/mol. The van der Waals surface area contributed by atoms with Crippen molar-refractivity contribution in [1.29, 1.82) is 0 Å². The predicted octanol–water partition coefficient (Wildman–Crippen LogP) is 4.83. The topological polar surface area (TPSA) is 42.0 Å². The minimum Gasteiger partial charge on any atom is -0.347 e. The molecule has 0 aliphatic rings. The van der Waals surface area contributed by atoms with Crippen molar-refractivity contribution in [1.82, 2.24) is 10.3 Å². The molecule has 124 valence electrons. The standard InChI is InChI=1S/C20H15FN2OS/c1-12-2-5-14-9-15-10-18(25-20(15)23-17(14)8-12)19(24)22-11-13-3-6-16(21)7-4-13/h2-10H,11H2,1H3,(H,22,24). The summed E-state index contributed by atoms with van der Waals surface area (Å²) in [4.78, 5) is 18.5. The first-order valence-electron chi connectivity index (χ1n) is 7.92. The van der Waals surface area contributed by atoms with Gasteiger partial charge in [0.05, 0.1) is 10.4 Å². The molecule has 1 N–H and O–H groups in total. The third kappa shape index (κ3) is 3.23. The number of thiophene rings is 1. The van der Waals surface area contributed by atoms with Gasteiger partial charge in [-0.3, -0.25) is 4.79 Å². The Kier molecular flexibility index (Phi) is 3.93. The first kappa shape index (κ1) is 15.7. The van der Waals surface area contributed by atoms with Gasteiger partial charge in [-0.25, -0.2) is 9.37 Å². The van der Waals surface area contributed by atoms with Gasteiger partial charge in [-0.15, -0.1) is 11.3 Å². The third-order valence-electron chi connectivity index (χ3n) is 4.05. The molecule has 4 rings (SSSR count). The van der Waals surface area contributed by atoms with E-state index < -0.39 is 0 Å². The normalized spacial score (nSPS) is 11.1. The summed E-state index contributed by atoms with van der Waals surface area (Å²) < 4.78 is 12.9. The van der Waals surface area contributed by atoms with Crippen LogP contribution >= 0.6 is 11.3 Å². The Bertz CT molecular complexity index is 1090. The Morgan fingerprint density at radius 1 is 1.08 bits per heavy atom. The van der Waals surface area contributed by atoms with E-state index in [-0.39, 0.29) is 11.7 Å². The Labute approximate surface area is 148 Å². The highest BCUT2D eigenvalue weighted by Crippen LogP contribution is 2.27. The van der Waals surface area contributed by atoms with Crippen LogP contribution in [0.4, 0.5) is 4.39 Å². The smallest absolute Gasteiger partial charge is 0.261 e. The highest BCUT2D eigenvalue weighted by atomic mass is 32.1. The summed E-state index contributed by atoms with van der Waals surface area (Å²) in [5.41, 5.74) is 2.95. The van der Waals surface area contributed by atoms with Crippen molar-refractivity contribution in [2.45, 2.75) is 13.5 Å². The van der Waals surface area contributed by atoms with Crippen LogP contribution in [0.3, 0.4) is 0 Å². The number of carbonyl (C=O) groups is 1. The summed E-state index contributed by atoms with van der Waals surface area (Å²) in [6.45, 7) is 2.40. The second kappa shape index (κ2) is 6.26. The lowest BCUT2D eigenvalue weighted by Gasteiger charge is -2.03.